The molecule has 3 aromatic rings. The minimum atomic E-state index is -0.524. The second-order valence-corrected chi connectivity index (χ2v) is 12.1. The topological polar surface area (TPSA) is 130 Å². The number of nitrogens with zero attached hydrogens (tertiary/aromatic N) is 1. The van der Waals surface area contributed by atoms with Gasteiger partial charge in [-0.05, 0) is 59.7 Å². The smallest absolute Gasteiger partial charge is 0.243 e. The lowest BCUT2D eigenvalue weighted by molar-refractivity contribution is -0.253. The van der Waals surface area contributed by atoms with Gasteiger partial charge in [-0.2, -0.15) is 0 Å². The minimum Gasteiger partial charge on any atom is -0.392 e. The number of hydrogen-bond donors (Lipinski definition) is 4. The summed E-state index contributed by atoms with van der Waals surface area (Å²) < 4.78 is 18.7. The zero-order valence-corrected chi connectivity index (χ0v) is 26.4. The van der Waals surface area contributed by atoms with Gasteiger partial charge in [0.25, 0.3) is 0 Å². The summed E-state index contributed by atoms with van der Waals surface area (Å²) in [5.41, 5.74) is 7.49. The minimum absolute atomic E-state index is 0.00724. The standard InChI is InChI=1S/C36H45N3O7/c1-44-24-31-7-4-18-39(31)22-32-20-33(28-12-10-25(23-40)11-13-28)46-36(45-32)29-16-14-27(15-17-29)30-6-2-5-26(19-30)21-37-34(41)8-3-9-35(42)38-43/h2,5-6,10-17,19,31-33,36,40,43H,3-4,7-9,18,20-24H2,1H3,(H,37,41)(H,38,42)/t31-,32-,33+,36+/m0/s1. The SMILES string of the molecule is COC[C@@H]1CCCN1C[C@@H]1C[C@H](c2ccc(CO)cc2)O[C@H](c2ccc(-c3cccc(CNC(=O)CCCC(=O)NO)c3)cc2)O1. The van der Waals surface area contributed by atoms with E-state index in [1.807, 2.05) is 42.5 Å². The maximum Gasteiger partial charge on any atom is 0.243 e. The summed E-state index contributed by atoms with van der Waals surface area (Å²) in [6, 6.07) is 24.6. The van der Waals surface area contributed by atoms with Gasteiger partial charge in [-0.25, -0.2) is 5.48 Å². The highest BCUT2D eigenvalue weighted by Gasteiger charge is 2.35. The van der Waals surface area contributed by atoms with E-state index in [9.17, 15) is 14.7 Å². The van der Waals surface area contributed by atoms with Crippen molar-refractivity contribution in [3.63, 3.8) is 0 Å². The molecule has 0 unspecified atom stereocenters. The molecule has 2 aliphatic heterocycles. The molecule has 0 spiro atoms. The molecule has 2 heterocycles. The fraction of sp³-hybridized carbons (Fsp3) is 0.444. The van der Waals surface area contributed by atoms with Crippen molar-refractivity contribution in [2.45, 2.75) is 76.2 Å². The number of carbonyl (C=O) groups is 2. The number of aliphatic hydroxyl groups excluding tert-OH is 1. The van der Waals surface area contributed by atoms with E-state index < -0.39 is 12.2 Å². The molecule has 2 fully saturated rings. The Kier molecular flexibility index (Phi) is 12.3. The van der Waals surface area contributed by atoms with E-state index in [0.717, 1.165) is 72.3 Å². The van der Waals surface area contributed by atoms with Gasteiger partial charge in [0, 0.05) is 51.1 Å². The molecule has 0 bridgehead atoms. The van der Waals surface area contributed by atoms with Crippen LogP contribution < -0.4 is 10.8 Å². The zero-order chi connectivity index (χ0) is 32.3. The quantitative estimate of drug-likeness (QED) is 0.148. The van der Waals surface area contributed by atoms with Crippen LogP contribution in [0.2, 0.25) is 0 Å². The first-order valence-electron chi connectivity index (χ1n) is 16.1. The number of hydrogen-bond acceptors (Lipinski definition) is 8. The van der Waals surface area contributed by atoms with Crippen LogP contribution in [0.4, 0.5) is 0 Å². The molecule has 10 nitrogen and oxygen atoms in total. The van der Waals surface area contributed by atoms with Crippen molar-refractivity contribution in [1.29, 1.82) is 0 Å². The monoisotopic (exact) mass is 631 g/mol. The van der Waals surface area contributed by atoms with Crippen LogP contribution in [0.25, 0.3) is 11.1 Å². The highest BCUT2D eigenvalue weighted by atomic mass is 16.7. The second-order valence-electron chi connectivity index (χ2n) is 12.1. The number of hydroxylamine groups is 1. The van der Waals surface area contributed by atoms with Gasteiger partial charge in [0.2, 0.25) is 11.8 Å². The number of ether oxygens (including phenoxy) is 3. The van der Waals surface area contributed by atoms with Gasteiger partial charge < -0.3 is 24.6 Å². The third-order valence-electron chi connectivity index (χ3n) is 8.78. The summed E-state index contributed by atoms with van der Waals surface area (Å²) >= 11 is 0. The third kappa shape index (κ3) is 9.22. The highest BCUT2D eigenvalue weighted by Crippen LogP contribution is 2.39. The summed E-state index contributed by atoms with van der Waals surface area (Å²) in [4.78, 5) is 25.8. The largest absolute Gasteiger partial charge is 0.392 e. The molecule has 0 saturated carbocycles. The van der Waals surface area contributed by atoms with E-state index in [4.69, 9.17) is 19.4 Å². The van der Waals surface area contributed by atoms with Crippen molar-refractivity contribution < 1.29 is 34.1 Å². The van der Waals surface area contributed by atoms with Crippen molar-refractivity contribution >= 4 is 11.8 Å². The highest BCUT2D eigenvalue weighted by molar-refractivity contribution is 5.78. The van der Waals surface area contributed by atoms with Crippen LogP contribution >= 0.6 is 0 Å². The van der Waals surface area contributed by atoms with Gasteiger partial charge in [0.15, 0.2) is 6.29 Å². The number of likely N-dealkylation sites (tertiary alicyclic amines) is 1. The number of rotatable bonds is 14. The molecule has 46 heavy (non-hydrogen) atoms. The first-order chi connectivity index (χ1) is 22.4. The molecular formula is C36H45N3O7. The molecule has 2 amide bonds. The van der Waals surface area contributed by atoms with E-state index >= 15 is 0 Å². The Morgan fingerprint density at radius 2 is 1.70 bits per heavy atom. The Balaban J connectivity index is 1.25. The molecule has 4 atom stereocenters. The van der Waals surface area contributed by atoms with E-state index in [0.29, 0.717) is 19.0 Å². The molecule has 0 radical (unpaired) electrons. The maximum absolute atomic E-state index is 12.2. The lowest BCUT2D eigenvalue weighted by Crippen LogP contribution is -2.42. The molecule has 3 aromatic carbocycles. The molecular weight excluding hydrogens is 586 g/mol. The summed E-state index contributed by atoms with van der Waals surface area (Å²) in [6.45, 7) is 2.96. The summed E-state index contributed by atoms with van der Waals surface area (Å²) in [7, 11) is 1.76. The second kappa shape index (κ2) is 16.8. The van der Waals surface area contributed by atoms with Gasteiger partial charge in [-0.1, -0.05) is 66.7 Å². The number of carbonyl (C=O) groups excluding carboxylic acids is 2. The predicted octanol–water partition coefficient (Wildman–Crippen LogP) is 4.79. The normalized spacial score (nSPS) is 21.6. The molecule has 4 N–H and O–H groups in total. The first kappa shape index (κ1) is 33.7. The summed E-state index contributed by atoms with van der Waals surface area (Å²) in [5.74, 6) is -0.646. The predicted molar refractivity (Wildman–Crippen MR) is 172 cm³/mol. The van der Waals surface area contributed by atoms with Gasteiger partial charge in [-0.3, -0.25) is 19.7 Å². The van der Waals surface area contributed by atoms with E-state index in [2.05, 4.69) is 40.5 Å². The fourth-order valence-electron chi connectivity index (χ4n) is 6.26. The van der Waals surface area contributed by atoms with Crippen LogP contribution in [-0.2, 0) is 37.0 Å². The van der Waals surface area contributed by atoms with Crippen molar-refractivity contribution in [1.82, 2.24) is 15.7 Å². The lowest BCUT2D eigenvalue weighted by atomic mass is 9.98. The number of nitrogens with one attached hydrogen (secondary N) is 2. The molecule has 10 heteroatoms. The zero-order valence-electron chi connectivity index (χ0n) is 26.4. The number of amides is 2. The molecule has 2 saturated heterocycles. The molecule has 0 aliphatic carbocycles. The number of methoxy groups -OCH3 is 1. The van der Waals surface area contributed by atoms with Crippen LogP contribution in [0.1, 0.15) is 73.2 Å². The van der Waals surface area contributed by atoms with E-state index in [1.165, 1.54) is 0 Å². The van der Waals surface area contributed by atoms with Crippen LogP contribution in [0.5, 0.6) is 0 Å². The molecule has 5 rings (SSSR count). The van der Waals surface area contributed by atoms with Gasteiger partial charge in [-0.15, -0.1) is 0 Å². The molecule has 2 aliphatic rings. The van der Waals surface area contributed by atoms with Gasteiger partial charge in [0.1, 0.15) is 0 Å². The van der Waals surface area contributed by atoms with Crippen molar-refractivity contribution in [3.05, 3.63) is 95.1 Å². The Labute approximate surface area is 270 Å². The number of benzene rings is 3. The maximum atomic E-state index is 12.2. The van der Waals surface area contributed by atoms with Crippen LogP contribution in [0, 0.1) is 0 Å². The van der Waals surface area contributed by atoms with E-state index in [-0.39, 0.29) is 37.6 Å². The molecule has 0 aromatic heterocycles. The third-order valence-corrected chi connectivity index (χ3v) is 8.78. The van der Waals surface area contributed by atoms with Gasteiger partial charge in [0.05, 0.1) is 25.4 Å². The van der Waals surface area contributed by atoms with Crippen molar-refractivity contribution in [2.24, 2.45) is 0 Å². The molecule has 246 valence electrons. The van der Waals surface area contributed by atoms with Gasteiger partial charge >= 0.3 is 0 Å². The van der Waals surface area contributed by atoms with E-state index in [1.54, 1.807) is 12.6 Å². The van der Waals surface area contributed by atoms with Crippen molar-refractivity contribution in [3.8, 4) is 11.1 Å². The van der Waals surface area contributed by atoms with Crippen LogP contribution in [0.3, 0.4) is 0 Å². The van der Waals surface area contributed by atoms with Crippen LogP contribution in [-0.4, -0.2) is 66.0 Å². The lowest BCUT2D eigenvalue weighted by Gasteiger charge is -2.38. The Morgan fingerprint density at radius 3 is 2.43 bits per heavy atom. The average molecular weight is 632 g/mol. The Bertz CT molecular complexity index is 1420. The van der Waals surface area contributed by atoms with Crippen LogP contribution in [0.15, 0.2) is 72.8 Å². The van der Waals surface area contributed by atoms with Crippen molar-refractivity contribution in [2.75, 3.05) is 26.8 Å². The average Bonchev–Trinajstić information content (AvgIpc) is 3.53. The Morgan fingerprint density at radius 1 is 0.935 bits per heavy atom. The summed E-state index contributed by atoms with van der Waals surface area (Å²) in [6.07, 6.45) is 3.02. The first-order valence-corrected chi connectivity index (χ1v) is 16.1. The Hall–Kier alpha value is -3.64. The number of aliphatic hydroxyl groups is 1. The fourth-order valence-corrected chi connectivity index (χ4v) is 6.26. The summed E-state index contributed by atoms with van der Waals surface area (Å²) in [5, 5.41) is 21.0.